The van der Waals surface area contributed by atoms with Crippen molar-refractivity contribution < 1.29 is 9.59 Å². The number of hydrogen-bond donors (Lipinski definition) is 2. The van der Waals surface area contributed by atoms with Gasteiger partial charge in [0.25, 0.3) is 0 Å². The average molecular weight is 406 g/mol. The Balaban J connectivity index is 2.57. The zero-order chi connectivity index (χ0) is 17.9. The molecule has 1 aliphatic heterocycles. The molecule has 1 aromatic rings. The van der Waals surface area contributed by atoms with Crippen LogP contribution in [0.15, 0.2) is 50.6 Å². The van der Waals surface area contributed by atoms with Gasteiger partial charge in [-0.15, -0.1) is 0 Å². The fourth-order valence-electron chi connectivity index (χ4n) is 2.63. The maximum atomic E-state index is 12.2. The van der Waals surface area contributed by atoms with Crippen LogP contribution < -0.4 is 11.1 Å². The predicted octanol–water partition coefficient (Wildman–Crippen LogP) is 2.95. The Labute approximate surface area is 153 Å². The molecular weight excluding hydrogens is 390 g/mol. The number of allylic oxidation sites excluding steroid dienone is 3. The topological polar surface area (TPSA) is 96.0 Å². The molecule has 0 aromatic heterocycles. The summed E-state index contributed by atoms with van der Waals surface area (Å²) in [5, 5.41) is 13.3. The molecule has 1 aliphatic rings. The van der Waals surface area contributed by atoms with Gasteiger partial charge in [-0.25, -0.2) is 0 Å². The molecular formula is C17H16BrN3O2S. The number of hydrogen-bond acceptors (Lipinski definition) is 5. The molecule has 5 nitrogen and oxygen atoms in total. The van der Waals surface area contributed by atoms with E-state index in [0.717, 1.165) is 10.0 Å². The van der Waals surface area contributed by atoms with E-state index in [1.54, 1.807) is 6.92 Å². The number of nitrogens with one attached hydrogen (secondary N) is 1. The number of benzene rings is 1. The number of nitrogens with zero attached hydrogens (tertiary/aromatic N) is 1. The first kappa shape index (κ1) is 18.3. The van der Waals surface area contributed by atoms with Crippen LogP contribution in [0, 0.1) is 11.3 Å². The van der Waals surface area contributed by atoms with Gasteiger partial charge in [0.2, 0.25) is 5.91 Å². The third kappa shape index (κ3) is 3.89. The number of amides is 1. The lowest BCUT2D eigenvalue weighted by Crippen LogP contribution is -2.27. The summed E-state index contributed by atoms with van der Waals surface area (Å²) in [5.41, 5.74) is 7.70. The van der Waals surface area contributed by atoms with Gasteiger partial charge in [0.15, 0.2) is 5.78 Å². The summed E-state index contributed by atoms with van der Waals surface area (Å²) in [4.78, 5) is 23.3. The molecule has 0 bridgehead atoms. The van der Waals surface area contributed by atoms with Crippen molar-refractivity contribution in [1.82, 2.24) is 5.32 Å². The van der Waals surface area contributed by atoms with E-state index in [-0.39, 0.29) is 11.5 Å². The Morgan fingerprint density at radius 3 is 2.50 bits per heavy atom. The van der Waals surface area contributed by atoms with Crippen LogP contribution in [0.4, 0.5) is 0 Å². The van der Waals surface area contributed by atoms with Gasteiger partial charge in [0.1, 0.15) is 0 Å². The number of carbonyl (C=O) groups is 2. The first-order chi connectivity index (χ1) is 11.3. The molecule has 3 N–H and O–H groups in total. The van der Waals surface area contributed by atoms with E-state index in [4.69, 9.17) is 5.73 Å². The Hall–Kier alpha value is -2.04. The molecule has 0 aliphatic carbocycles. The molecule has 1 heterocycles. The van der Waals surface area contributed by atoms with Crippen LogP contribution >= 0.6 is 27.7 Å². The van der Waals surface area contributed by atoms with Crippen LogP contribution in [0.3, 0.4) is 0 Å². The molecule has 1 amide bonds. The Kier molecular flexibility index (Phi) is 5.86. The van der Waals surface area contributed by atoms with Crippen molar-refractivity contribution in [2.45, 2.75) is 19.8 Å². The molecule has 0 saturated heterocycles. The third-order valence-corrected chi connectivity index (χ3v) is 5.16. The van der Waals surface area contributed by atoms with Crippen LogP contribution in [0.25, 0.3) is 0 Å². The number of halogens is 1. The number of nitrogens with two attached hydrogens (primary N) is 1. The van der Waals surface area contributed by atoms with Crippen LogP contribution in [0.5, 0.6) is 0 Å². The number of thioether (sulfide) groups is 1. The summed E-state index contributed by atoms with van der Waals surface area (Å²) < 4.78 is 0.913. The number of nitriles is 1. The molecule has 0 saturated carbocycles. The first-order valence-electron chi connectivity index (χ1n) is 7.14. The second-order valence-corrected chi connectivity index (χ2v) is 7.22. The van der Waals surface area contributed by atoms with Gasteiger partial charge in [0.05, 0.1) is 28.3 Å². The number of dihydropyridines is 1. The average Bonchev–Trinajstić information content (AvgIpc) is 2.52. The lowest BCUT2D eigenvalue weighted by atomic mass is 9.81. The maximum absolute atomic E-state index is 12.2. The van der Waals surface area contributed by atoms with Crippen molar-refractivity contribution in [3.05, 3.63) is 56.2 Å². The number of rotatable bonds is 5. The number of carbonyl (C=O) groups excluding carboxylic acids is 2. The second-order valence-electron chi connectivity index (χ2n) is 5.31. The summed E-state index contributed by atoms with van der Waals surface area (Å²) >= 11 is 4.56. The van der Waals surface area contributed by atoms with Crippen molar-refractivity contribution in [3.63, 3.8) is 0 Å². The number of ketones is 1. The molecule has 124 valence electrons. The van der Waals surface area contributed by atoms with Gasteiger partial charge in [-0.3, -0.25) is 9.59 Å². The zero-order valence-corrected chi connectivity index (χ0v) is 15.6. The van der Waals surface area contributed by atoms with Crippen molar-refractivity contribution >= 4 is 39.4 Å². The van der Waals surface area contributed by atoms with Gasteiger partial charge < -0.3 is 11.1 Å². The Morgan fingerprint density at radius 1 is 1.38 bits per heavy atom. The van der Waals surface area contributed by atoms with Crippen molar-refractivity contribution in [2.24, 2.45) is 5.73 Å². The Morgan fingerprint density at radius 2 is 2.00 bits per heavy atom. The van der Waals surface area contributed by atoms with Crippen molar-refractivity contribution in [2.75, 3.05) is 5.75 Å². The van der Waals surface area contributed by atoms with Gasteiger partial charge >= 0.3 is 0 Å². The van der Waals surface area contributed by atoms with E-state index in [1.165, 1.54) is 18.7 Å². The van der Waals surface area contributed by atoms with Crippen LogP contribution in [0.1, 0.15) is 25.3 Å². The second kappa shape index (κ2) is 7.69. The minimum atomic E-state index is -0.467. The summed E-state index contributed by atoms with van der Waals surface area (Å²) in [6, 6.07) is 9.69. The van der Waals surface area contributed by atoms with E-state index in [9.17, 15) is 14.9 Å². The van der Waals surface area contributed by atoms with Crippen molar-refractivity contribution in [1.29, 1.82) is 5.26 Å². The first-order valence-corrected chi connectivity index (χ1v) is 8.92. The highest BCUT2D eigenvalue weighted by Crippen LogP contribution is 2.40. The fraction of sp³-hybridized carbons (Fsp3) is 0.235. The smallest absolute Gasteiger partial charge is 0.227 e. The fourth-order valence-corrected chi connectivity index (χ4v) is 3.72. The SMILES string of the molecule is CC(=O)C1=C(C)NC(SCC(N)=O)=C(C#N)C1c1ccc(Br)cc1. The maximum Gasteiger partial charge on any atom is 0.227 e. The summed E-state index contributed by atoms with van der Waals surface area (Å²) in [6.07, 6.45) is 0. The monoisotopic (exact) mass is 405 g/mol. The van der Waals surface area contributed by atoms with Gasteiger partial charge in [-0.05, 0) is 31.5 Å². The predicted molar refractivity (Wildman–Crippen MR) is 97.7 cm³/mol. The largest absolute Gasteiger partial charge is 0.369 e. The molecule has 2 rings (SSSR count). The highest BCUT2D eigenvalue weighted by Gasteiger charge is 2.33. The van der Waals surface area contributed by atoms with Gasteiger partial charge in [-0.1, -0.05) is 39.8 Å². The summed E-state index contributed by atoms with van der Waals surface area (Å²) in [7, 11) is 0. The van der Waals surface area contributed by atoms with Gasteiger partial charge in [-0.2, -0.15) is 5.26 Å². The molecule has 7 heteroatoms. The van der Waals surface area contributed by atoms with Crippen LogP contribution in [0.2, 0.25) is 0 Å². The van der Waals surface area contributed by atoms with E-state index < -0.39 is 11.8 Å². The molecule has 0 radical (unpaired) electrons. The molecule has 24 heavy (non-hydrogen) atoms. The highest BCUT2D eigenvalue weighted by molar-refractivity contribution is 9.10. The van der Waals surface area contributed by atoms with E-state index >= 15 is 0 Å². The lowest BCUT2D eigenvalue weighted by molar-refractivity contribution is -0.115. The molecule has 1 aromatic carbocycles. The molecule has 1 atom stereocenters. The molecule has 0 fully saturated rings. The standard InChI is InChI=1S/C17H16BrN3O2S/c1-9-15(10(2)22)16(11-3-5-12(18)6-4-11)13(7-19)17(21-9)24-8-14(20)23/h3-6,16,21H,8H2,1-2H3,(H2,20,23). The third-order valence-electron chi connectivity index (χ3n) is 3.59. The highest BCUT2D eigenvalue weighted by atomic mass is 79.9. The van der Waals surface area contributed by atoms with Crippen LogP contribution in [-0.4, -0.2) is 17.4 Å². The summed E-state index contributed by atoms with van der Waals surface area (Å²) in [6.45, 7) is 3.28. The van der Waals surface area contributed by atoms with Gasteiger partial charge in [0, 0.05) is 15.7 Å². The lowest BCUT2D eigenvalue weighted by Gasteiger charge is -2.29. The quantitative estimate of drug-likeness (QED) is 0.784. The number of primary amides is 1. The minimum Gasteiger partial charge on any atom is -0.369 e. The minimum absolute atomic E-state index is 0.0588. The zero-order valence-electron chi connectivity index (χ0n) is 13.2. The van der Waals surface area contributed by atoms with E-state index in [1.807, 2.05) is 24.3 Å². The molecule has 0 spiro atoms. The van der Waals surface area contributed by atoms with E-state index in [2.05, 4.69) is 27.3 Å². The summed E-state index contributed by atoms with van der Waals surface area (Å²) in [5.74, 6) is -0.967. The number of Topliss-reactive ketones (excluding diaryl/α,β-unsaturated/α-hetero) is 1. The van der Waals surface area contributed by atoms with Crippen molar-refractivity contribution in [3.8, 4) is 6.07 Å². The van der Waals surface area contributed by atoms with Crippen LogP contribution in [-0.2, 0) is 9.59 Å². The van der Waals surface area contributed by atoms with E-state index in [0.29, 0.717) is 21.9 Å². The molecule has 1 unspecified atom stereocenters. The normalized spacial score (nSPS) is 17.3. The Bertz CT molecular complexity index is 791.